The van der Waals surface area contributed by atoms with Gasteiger partial charge in [-0.25, -0.2) is 4.39 Å². The minimum atomic E-state index is -0.354. The highest BCUT2D eigenvalue weighted by molar-refractivity contribution is 5.39. The predicted molar refractivity (Wildman–Crippen MR) is 53.8 cm³/mol. The van der Waals surface area contributed by atoms with Gasteiger partial charge in [0.25, 0.3) is 0 Å². The van der Waals surface area contributed by atoms with Gasteiger partial charge in [0.05, 0.1) is 19.2 Å². The first-order valence-corrected chi connectivity index (χ1v) is 4.25. The summed E-state index contributed by atoms with van der Waals surface area (Å²) < 4.78 is 18.1. The van der Waals surface area contributed by atoms with Crippen LogP contribution < -0.4 is 10.1 Å². The molecule has 0 aliphatic carbocycles. The van der Waals surface area contributed by atoms with E-state index < -0.39 is 0 Å². The van der Waals surface area contributed by atoms with E-state index >= 15 is 0 Å². The number of nitrogens with one attached hydrogen (secondary N) is 1. The maximum Gasteiger partial charge on any atom is 0.142 e. The Labute approximate surface area is 83.1 Å². The first-order valence-electron chi connectivity index (χ1n) is 4.25. The van der Waals surface area contributed by atoms with Crippen molar-refractivity contribution < 1.29 is 9.13 Å². The van der Waals surface area contributed by atoms with Gasteiger partial charge in [-0.3, -0.25) is 0 Å². The van der Waals surface area contributed by atoms with Crippen LogP contribution in [0.25, 0.3) is 0 Å². The maximum absolute atomic E-state index is 13.3. The maximum atomic E-state index is 13.3. The van der Waals surface area contributed by atoms with Crippen LogP contribution in [0, 0.1) is 17.7 Å². The summed E-state index contributed by atoms with van der Waals surface area (Å²) in [6.07, 6.45) is 0. The largest absolute Gasteiger partial charge is 0.497 e. The number of methoxy groups -OCH3 is 1. The van der Waals surface area contributed by atoms with Gasteiger partial charge in [-0.15, -0.1) is 0 Å². The van der Waals surface area contributed by atoms with Crippen molar-refractivity contribution in [2.45, 2.75) is 0 Å². The molecule has 1 aromatic carbocycles. The molecule has 1 N–H and O–H groups in total. The van der Waals surface area contributed by atoms with Crippen molar-refractivity contribution in [3.8, 4) is 17.6 Å². The molecule has 14 heavy (non-hydrogen) atoms. The quantitative estimate of drug-likeness (QED) is 0.717. The average Bonchev–Trinajstić information content (AvgIpc) is 2.20. The molecule has 0 atom stereocenters. The van der Waals surface area contributed by atoms with Crippen LogP contribution in [-0.4, -0.2) is 20.7 Å². The molecule has 1 aromatic rings. The Kier molecular flexibility index (Phi) is 3.96. The molecule has 0 aromatic heterocycles. The molecule has 0 amide bonds. The van der Waals surface area contributed by atoms with Gasteiger partial charge < -0.3 is 10.1 Å². The highest BCUT2D eigenvalue weighted by atomic mass is 19.1. The second-order valence-corrected chi connectivity index (χ2v) is 2.68. The molecule has 2 nitrogen and oxygen atoms in total. The van der Waals surface area contributed by atoms with E-state index in [0.29, 0.717) is 17.9 Å². The number of benzene rings is 1. The molecule has 0 radical (unpaired) electrons. The third-order valence-corrected chi connectivity index (χ3v) is 1.66. The molecule has 0 spiro atoms. The molecule has 1 rings (SSSR count). The van der Waals surface area contributed by atoms with E-state index in [-0.39, 0.29) is 5.82 Å². The Balaban J connectivity index is 2.85. The Morgan fingerprint density at radius 1 is 1.50 bits per heavy atom. The highest BCUT2D eigenvalue weighted by Gasteiger charge is 2.00. The van der Waals surface area contributed by atoms with Crippen LogP contribution in [0.15, 0.2) is 18.2 Å². The molecule has 0 saturated carbocycles. The van der Waals surface area contributed by atoms with Crippen LogP contribution >= 0.6 is 0 Å². The molecule has 0 saturated heterocycles. The minimum absolute atomic E-state index is 0.354. The molecule has 0 fully saturated rings. The van der Waals surface area contributed by atoms with Crippen LogP contribution in [0.2, 0.25) is 0 Å². The Hall–Kier alpha value is -1.53. The van der Waals surface area contributed by atoms with Crippen molar-refractivity contribution in [1.82, 2.24) is 5.32 Å². The number of hydrogen-bond donors (Lipinski definition) is 1. The van der Waals surface area contributed by atoms with Crippen LogP contribution in [0.5, 0.6) is 5.75 Å². The van der Waals surface area contributed by atoms with Gasteiger partial charge in [0, 0.05) is 6.07 Å². The van der Waals surface area contributed by atoms with E-state index in [1.165, 1.54) is 13.2 Å². The van der Waals surface area contributed by atoms with Gasteiger partial charge in [0.15, 0.2) is 0 Å². The Morgan fingerprint density at radius 2 is 2.29 bits per heavy atom. The zero-order valence-electron chi connectivity index (χ0n) is 8.23. The SMILES string of the molecule is CNCC#Cc1ccc(OC)cc1F. The lowest BCUT2D eigenvalue weighted by Crippen LogP contribution is -2.04. The van der Waals surface area contributed by atoms with E-state index in [1.54, 1.807) is 19.2 Å². The standard InChI is InChI=1S/C11H12FNO/c1-13-7-3-4-9-5-6-10(14-2)8-11(9)12/h5-6,8,13H,7H2,1-2H3. The lowest BCUT2D eigenvalue weighted by atomic mass is 10.2. The fourth-order valence-corrected chi connectivity index (χ4v) is 0.952. The molecule has 0 bridgehead atoms. The summed E-state index contributed by atoms with van der Waals surface area (Å²) in [5, 5.41) is 2.86. The van der Waals surface area contributed by atoms with E-state index in [2.05, 4.69) is 17.2 Å². The molecule has 0 aliphatic heterocycles. The Morgan fingerprint density at radius 3 is 2.86 bits per heavy atom. The van der Waals surface area contributed by atoms with Gasteiger partial charge in [-0.1, -0.05) is 11.8 Å². The summed E-state index contributed by atoms with van der Waals surface area (Å²) in [6.45, 7) is 0.547. The van der Waals surface area contributed by atoms with Crippen molar-refractivity contribution >= 4 is 0 Å². The number of ether oxygens (including phenoxy) is 1. The van der Waals surface area contributed by atoms with Gasteiger partial charge in [-0.2, -0.15) is 0 Å². The predicted octanol–water partition coefficient (Wildman–Crippen LogP) is 1.41. The van der Waals surface area contributed by atoms with Crippen molar-refractivity contribution in [2.24, 2.45) is 0 Å². The molecule has 0 unspecified atom stereocenters. The first-order chi connectivity index (χ1) is 6.77. The third-order valence-electron chi connectivity index (χ3n) is 1.66. The molecule has 0 aliphatic rings. The van der Waals surface area contributed by atoms with E-state index in [0.717, 1.165) is 0 Å². The fraction of sp³-hybridized carbons (Fsp3) is 0.273. The van der Waals surface area contributed by atoms with E-state index in [4.69, 9.17) is 4.74 Å². The van der Waals surface area contributed by atoms with E-state index in [1.807, 2.05) is 0 Å². The third kappa shape index (κ3) is 2.75. The van der Waals surface area contributed by atoms with Gasteiger partial charge in [-0.05, 0) is 19.2 Å². The molecule has 0 heterocycles. The normalized spacial score (nSPS) is 9.07. The van der Waals surface area contributed by atoms with Gasteiger partial charge >= 0.3 is 0 Å². The van der Waals surface area contributed by atoms with E-state index in [9.17, 15) is 4.39 Å². The summed E-state index contributed by atoms with van der Waals surface area (Å²) in [5.41, 5.74) is 0.390. The van der Waals surface area contributed by atoms with Crippen molar-refractivity contribution in [2.75, 3.05) is 20.7 Å². The molecule has 3 heteroatoms. The minimum Gasteiger partial charge on any atom is -0.497 e. The Bertz CT molecular complexity index is 365. The van der Waals surface area contributed by atoms with Crippen LogP contribution in [0.4, 0.5) is 4.39 Å². The zero-order chi connectivity index (χ0) is 10.4. The lowest BCUT2D eigenvalue weighted by molar-refractivity contribution is 0.411. The second-order valence-electron chi connectivity index (χ2n) is 2.68. The van der Waals surface area contributed by atoms with Crippen molar-refractivity contribution in [3.05, 3.63) is 29.6 Å². The van der Waals surface area contributed by atoms with Crippen LogP contribution in [0.3, 0.4) is 0 Å². The number of hydrogen-bond acceptors (Lipinski definition) is 2. The topological polar surface area (TPSA) is 21.3 Å². The summed E-state index contributed by atoms with van der Waals surface area (Å²) in [4.78, 5) is 0. The molecule has 74 valence electrons. The van der Waals surface area contributed by atoms with Gasteiger partial charge in [0.2, 0.25) is 0 Å². The monoisotopic (exact) mass is 193 g/mol. The second kappa shape index (κ2) is 5.25. The highest BCUT2D eigenvalue weighted by Crippen LogP contribution is 2.14. The van der Waals surface area contributed by atoms with Crippen LogP contribution in [0.1, 0.15) is 5.56 Å². The first kappa shape index (κ1) is 10.6. The lowest BCUT2D eigenvalue weighted by Gasteiger charge is -1.99. The summed E-state index contributed by atoms with van der Waals surface area (Å²) in [6, 6.07) is 4.62. The smallest absolute Gasteiger partial charge is 0.142 e. The molecular formula is C11H12FNO. The average molecular weight is 193 g/mol. The van der Waals surface area contributed by atoms with Crippen LogP contribution in [-0.2, 0) is 0 Å². The van der Waals surface area contributed by atoms with Crippen molar-refractivity contribution in [3.63, 3.8) is 0 Å². The van der Waals surface area contributed by atoms with Gasteiger partial charge in [0.1, 0.15) is 11.6 Å². The number of rotatable bonds is 2. The molecular weight excluding hydrogens is 181 g/mol. The number of halogens is 1. The fourth-order valence-electron chi connectivity index (χ4n) is 0.952. The summed E-state index contributed by atoms with van der Waals surface area (Å²) in [7, 11) is 3.29. The summed E-state index contributed by atoms with van der Waals surface area (Å²) >= 11 is 0. The zero-order valence-corrected chi connectivity index (χ0v) is 8.23. The van der Waals surface area contributed by atoms with Crippen molar-refractivity contribution in [1.29, 1.82) is 0 Å². The summed E-state index contributed by atoms with van der Waals surface area (Å²) in [5.74, 6) is 5.66.